The predicted octanol–water partition coefficient (Wildman–Crippen LogP) is -1.38. The number of primary amides is 1. The summed E-state index contributed by atoms with van der Waals surface area (Å²) in [6.07, 6.45) is 2.43. The Balaban J connectivity index is 2.12. The molecule has 0 bridgehead atoms. The average Bonchev–Trinajstić information content (AvgIpc) is 2.80. The predicted molar refractivity (Wildman–Crippen MR) is 80.2 cm³/mol. The number of amides is 2. The molecule has 120 valence electrons. The van der Waals surface area contributed by atoms with Crippen LogP contribution in [0.15, 0.2) is 47.6 Å². The molecule has 1 saturated heterocycles. The van der Waals surface area contributed by atoms with E-state index in [1.54, 1.807) is 36.3 Å². The molecule has 8 nitrogen and oxygen atoms in total. The summed E-state index contributed by atoms with van der Waals surface area (Å²) in [6.45, 7) is 1.35. The highest BCUT2D eigenvalue weighted by atomic mass is 16.3. The highest BCUT2D eigenvalue weighted by molar-refractivity contribution is 6.10. The molecule has 2 aliphatic rings. The summed E-state index contributed by atoms with van der Waals surface area (Å²) in [5.74, 6) is -0.979. The molecule has 1 aromatic heterocycles. The van der Waals surface area contributed by atoms with E-state index in [-0.39, 0.29) is 17.0 Å². The molecular formula is C15H16N5O3-. The van der Waals surface area contributed by atoms with Crippen LogP contribution in [0.4, 0.5) is 5.82 Å². The van der Waals surface area contributed by atoms with Gasteiger partial charge in [-0.2, -0.15) is 0 Å². The highest BCUT2D eigenvalue weighted by Gasteiger charge is 2.49. The monoisotopic (exact) mass is 314 g/mol. The fourth-order valence-electron chi connectivity index (χ4n) is 2.97. The smallest absolute Gasteiger partial charge is 0.266 e. The zero-order valence-corrected chi connectivity index (χ0v) is 12.7. The number of hydrogen-bond donors (Lipinski definition) is 2. The lowest BCUT2D eigenvalue weighted by Gasteiger charge is -2.37. The van der Waals surface area contributed by atoms with Gasteiger partial charge in [0, 0.05) is 25.0 Å². The van der Waals surface area contributed by atoms with Gasteiger partial charge in [-0.1, -0.05) is 13.0 Å². The number of allylic oxidation sites excluding steroid dienone is 1. The number of rotatable bonds is 2. The normalized spacial score (nSPS) is 25.7. The Morgan fingerprint density at radius 3 is 2.74 bits per heavy atom. The van der Waals surface area contributed by atoms with E-state index >= 15 is 0 Å². The van der Waals surface area contributed by atoms with Gasteiger partial charge in [0.25, 0.3) is 11.8 Å². The van der Waals surface area contributed by atoms with Crippen LogP contribution in [0.5, 0.6) is 0 Å². The van der Waals surface area contributed by atoms with Crippen molar-refractivity contribution in [2.45, 2.75) is 19.1 Å². The highest BCUT2D eigenvalue weighted by Crippen LogP contribution is 2.34. The summed E-state index contributed by atoms with van der Waals surface area (Å²) < 4.78 is 0. The Labute approximate surface area is 132 Å². The van der Waals surface area contributed by atoms with Crippen LogP contribution >= 0.6 is 0 Å². The van der Waals surface area contributed by atoms with Crippen molar-refractivity contribution < 1.29 is 14.7 Å². The molecule has 0 aromatic carbocycles. The van der Waals surface area contributed by atoms with E-state index in [2.05, 4.69) is 10.3 Å². The minimum atomic E-state index is -0.639. The molecule has 8 heteroatoms. The van der Waals surface area contributed by atoms with Crippen LogP contribution in [0.25, 0.3) is 0 Å². The van der Waals surface area contributed by atoms with Gasteiger partial charge in [-0.05, 0) is 12.1 Å². The number of hydrogen-bond acceptors (Lipinski definition) is 6. The van der Waals surface area contributed by atoms with Crippen molar-refractivity contribution >= 4 is 17.6 Å². The molecule has 0 spiro atoms. The Morgan fingerprint density at radius 2 is 2.17 bits per heavy atom. The molecule has 2 aliphatic heterocycles. The molecule has 0 saturated carbocycles. The molecule has 1 fully saturated rings. The number of nitrogens with two attached hydrogens (primary N) is 1. The van der Waals surface area contributed by atoms with E-state index in [0.29, 0.717) is 5.82 Å². The number of carbonyl (C=O) groups is 2. The maximum atomic E-state index is 12.8. The van der Waals surface area contributed by atoms with Crippen LogP contribution in [-0.4, -0.2) is 41.0 Å². The molecule has 1 aromatic rings. The lowest BCUT2D eigenvalue weighted by molar-refractivity contribution is -0.303. The van der Waals surface area contributed by atoms with Gasteiger partial charge in [0.2, 0.25) is 0 Å². The molecule has 2 atom stereocenters. The molecular weight excluding hydrogens is 298 g/mol. The van der Waals surface area contributed by atoms with E-state index in [1.807, 2.05) is 0 Å². The first-order valence-corrected chi connectivity index (χ1v) is 7.04. The topological polar surface area (TPSA) is 115 Å². The second-order valence-electron chi connectivity index (χ2n) is 5.44. The van der Waals surface area contributed by atoms with Gasteiger partial charge in [-0.25, -0.2) is 4.98 Å². The number of aromatic nitrogens is 1. The number of anilines is 1. The van der Waals surface area contributed by atoms with E-state index in [0.717, 1.165) is 0 Å². The number of likely N-dealkylation sites (N-methyl/N-ethyl adjacent to an activating group) is 1. The lowest BCUT2D eigenvalue weighted by Crippen LogP contribution is -2.56. The standard InChI is InChI=1S/C15H17N5O3/c1-8(21)11-12-14(18-9(13(16)22)7-19(12)2)20(15(11)23)10-5-3-4-6-17-10/h3-7,12,14,18,21H,1-2H3,(H2,16,22)/p-1/b11-8+. The van der Waals surface area contributed by atoms with E-state index in [1.165, 1.54) is 18.0 Å². The molecule has 0 aliphatic carbocycles. The average molecular weight is 314 g/mol. The summed E-state index contributed by atoms with van der Waals surface area (Å²) in [6, 6.07) is 4.62. The van der Waals surface area contributed by atoms with E-state index in [4.69, 9.17) is 5.73 Å². The van der Waals surface area contributed by atoms with Gasteiger partial charge in [0.15, 0.2) is 0 Å². The fourth-order valence-corrected chi connectivity index (χ4v) is 2.97. The second-order valence-corrected chi connectivity index (χ2v) is 5.44. The lowest BCUT2D eigenvalue weighted by atomic mass is 10.0. The number of nitrogens with one attached hydrogen (secondary N) is 1. The minimum Gasteiger partial charge on any atom is -0.875 e. The van der Waals surface area contributed by atoms with Gasteiger partial charge in [-0.15, -0.1) is 5.76 Å². The molecule has 3 rings (SSSR count). The molecule has 2 unspecified atom stereocenters. The first kappa shape index (κ1) is 14.9. The first-order chi connectivity index (χ1) is 10.9. The molecule has 23 heavy (non-hydrogen) atoms. The maximum absolute atomic E-state index is 12.8. The zero-order valence-electron chi connectivity index (χ0n) is 12.7. The molecule has 0 radical (unpaired) electrons. The molecule has 3 N–H and O–H groups in total. The van der Waals surface area contributed by atoms with Crippen molar-refractivity contribution in [2.75, 3.05) is 11.9 Å². The maximum Gasteiger partial charge on any atom is 0.266 e. The number of carbonyl (C=O) groups excluding carboxylic acids is 2. The number of pyridine rings is 1. The van der Waals surface area contributed by atoms with Crippen LogP contribution in [0.2, 0.25) is 0 Å². The summed E-state index contributed by atoms with van der Waals surface area (Å²) in [5.41, 5.74) is 5.66. The minimum absolute atomic E-state index is 0.149. The third-order valence-electron chi connectivity index (χ3n) is 3.94. The van der Waals surface area contributed by atoms with Crippen LogP contribution in [-0.2, 0) is 9.59 Å². The number of fused-ring (bicyclic) bond motifs is 1. The van der Waals surface area contributed by atoms with Gasteiger partial charge >= 0.3 is 0 Å². The van der Waals surface area contributed by atoms with Crippen LogP contribution in [0, 0.1) is 0 Å². The summed E-state index contributed by atoms with van der Waals surface area (Å²) >= 11 is 0. The first-order valence-electron chi connectivity index (χ1n) is 7.04. The fraction of sp³-hybridized carbons (Fsp3) is 0.267. The Morgan fingerprint density at radius 1 is 1.43 bits per heavy atom. The Bertz CT molecular complexity index is 724. The third kappa shape index (κ3) is 2.28. The van der Waals surface area contributed by atoms with Gasteiger partial charge < -0.3 is 21.1 Å². The van der Waals surface area contributed by atoms with Crippen LogP contribution in [0.1, 0.15) is 6.92 Å². The Kier molecular flexibility index (Phi) is 3.44. The largest absolute Gasteiger partial charge is 0.875 e. The van der Waals surface area contributed by atoms with Gasteiger partial charge in [0.05, 0.1) is 6.04 Å². The second kappa shape index (κ2) is 5.31. The summed E-state index contributed by atoms with van der Waals surface area (Å²) in [7, 11) is 1.69. The third-order valence-corrected chi connectivity index (χ3v) is 3.94. The Hall–Kier alpha value is -3.03. The van der Waals surface area contributed by atoms with Crippen molar-refractivity contribution in [3.05, 3.63) is 47.6 Å². The van der Waals surface area contributed by atoms with E-state index in [9.17, 15) is 14.7 Å². The van der Waals surface area contributed by atoms with Crippen LogP contribution in [0.3, 0.4) is 0 Å². The van der Waals surface area contributed by atoms with Gasteiger partial charge in [0.1, 0.15) is 17.7 Å². The summed E-state index contributed by atoms with van der Waals surface area (Å²) in [5, 5.41) is 14.9. The number of nitrogens with zero attached hydrogens (tertiary/aromatic N) is 3. The van der Waals surface area contributed by atoms with Crippen molar-refractivity contribution in [3.63, 3.8) is 0 Å². The summed E-state index contributed by atoms with van der Waals surface area (Å²) in [4.78, 5) is 31.5. The van der Waals surface area contributed by atoms with Crippen molar-refractivity contribution in [3.8, 4) is 0 Å². The van der Waals surface area contributed by atoms with Crippen LogP contribution < -0.4 is 21.1 Å². The SMILES string of the molecule is C/C([O-])=C1\C(=O)N(c2ccccn2)C2NC(C(N)=O)=CN(C)C12. The zero-order chi connectivity index (χ0) is 16.7. The van der Waals surface area contributed by atoms with Crippen molar-refractivity contribution in [1.29, 1.82) is 0 Å². The van der Waals surface area contributed by atoms with Crippen molar-refractivity contribution in [2.24, 2.45) is 5.73 Å². The molecule has 3 heterocycles. The molecule has 2 amide bonds. The van der Waals surface area contributed by atoms with Gasteiger partial charge in [-0.3, -0.25) is 14.5 Å². The van der Waals surface area contributed by atoms with Crippen molar-refractivity contribution in [1.82, 2.24) is 15.2 Å². The van der Waals surface area contributed by atoms with E-state index < -0.39 is 24.0 Å². The quantitative estimate of drug-likeness (QED) is 0.513.